The number of aliphatic carboxylic acids is 1. The number of carboxylic acid groups (broad SMARTS) is 1. The third-order valence-electron chi connectivity index (χ3n) is 1.53. The quantitative estimate of drug-likeness (QED) is 0.645. The van der Waals surface area contributed by atoms with Crippen molar-refractivity contribution in [2.75, 3.05) is 26.7 Å². The molecule has 5 heteroatoms. The van der Waals surface area contributed by atoms with Crippen LogP contribution in [0.4, 0.5) is 4.79 Å². The summed E-state index contributed by atoms with van der Waals surface area (Å²) in [6, 6.07) is -0.492. The predicted molar refractivity (Wildman–Crippen MR) is 54.9 cm³/mol. The van der Waals surface area contributed by atoms with Gasteiger partial charge in [0.05, 0.1) is 13.1 Å². The van der Waals surface area contributed by atoms with E-state index in [-0.39, 0.29) is 13.1 Å². The van der Waals surface area contributed by atoms with E-state index in [0.717, 1.165) is 4.90 Å². The molecule has 2 amide bonds. The number of hydrogen-bond donors (Lipinski definition) is 1. The van der Waals surface area contributed by atoms with Crippen LogP contribution in [-0.4, -0.2) is 53.6 Å². The van der Waals surface area contributed by atoms with E-state index in [1.807, 2.05) is 0 Å². The lowest BCUT2D eigenvalue weighted by molar-refractivity contribution is -0.137. The monoisotopic (exact) mass is 208 g/mol. The fourth-order valence-electron chi connectivity index (χ4n) is 0.911. The van der Waals surface area contributed by atoms with Crippen molar-refractivity contribution in [3.05, 3.63) is 0 Å². The summed E-state index contributed by atoms with van der Waals surface area (Å²) >= 11 is 0. The maximum atomic E-state index is 11.6. The topological polar surface area (TPSA) is 60.9 Å². The number of hydrogen-bond acceptors (Lipinski definition) is 2. The predicted octanol–water partition coefficient (Wildman–Crippen LogP) is -0.309. The zero-order chi connectivity index (χ0) is 11.8. The molecule has 0 aliphatic heterocycles. The van der Waals surface area contributed by atoms with Gasteiger partial charge in [-0.2, -0.15) is 0 Å². The van der Waals surface area contributed by atoms with Gasteiger partial charge in [-0.3, -0.25) is 4.79 Å². The van der Waals surface area contributed by atoms with E-state index in [9.17, 15) is 9.59 Å². The van der Waals surface area contributed by atoms with Crippen LogP contribution in [0, 0.1) is 24.7 Å². The number of carboxylic acids is 1. The van der Waals surface area contributed by atoms with E-state index in [2.05, 4.69) is 11.8 Å². The minimum atomic E-state index is -1.12. The van der Waals surface area contributed by atoms with Crippen LogP contribution in [0.3, 0.4) is 0 Å². The largest absolute Gasteiger partial charge is 0.480 e. The van der Waals surface area contributed by atoms with Crippen molar-refractivity contribution in [3.63, 3.8) is 0 Å². The number of amides is 2. The molecular weight excluding hydrogens is 196 g/mol. The van der Waals surface area contributed by atoms with Crippen LogP contribution in [0.5, 0.6) is 0 Å². The molecule has 0 bridgehead atoms. The Morgan fingerprint density at radius 3 is 2.20 bits per heavy atom. The van der Waals surface area contributed by atoms with Gasteiger partial charge in [0.15, 0.2) is 0 Å². The van der Waals surface area contributed by atoms with Crippen LogP contribution < -0.4 is 0 Å². The number of carbonyl (C=O) groups is 2. The second-order valence-corrected chi connectivity index (χ2v) is 2.80. The summed E-state index contributed by atoms with van der Waals surface area (Å²) in [7, 11) is 1.48. The van der Waals surface area contributed by atoms with Crippen LogP contribution in [0.15, 0.2) is 0 Å². The molecule has 0 aromatic carbocycles. The van der Waals surface area contributed by atoms with E-state index in [0.29, 0.717) is 0 Å². The van der Waals surface area contributed by atoms with E-state index in [4.69, 9.17) is 18.0 Å². The van der Waals surface area contributed by atoms with Crippen LogP contribution in [0.2, 0.25) is 0 Å². The molecule has 0 saturated carbocycles. The van der Waals surface area contributed by atoms with Gasteiger partial charge in [-0.1, -0.05) is 11.8 Å². The third-order valence-corrected chi connectivity index (χ3v) is 1.53. The lowest BCUT2D eigenvalue weighted by atomic mass is 10.4. The van der Waals surface area contributed by atoms with E-state index >= 15 is 0 Å². The summed E-state index contributed by atoms with van der Waals surface area (Å²) in [5.41, 5.74) is 0. The van der Waals surface area contributed by atoms with Gasteiger partial charge in [0.2, 0.25) is 0 Å². The summed E-state index contributed by atoms with van der Waals surface area (Å²) in [6.45, 7) is -0.377. The molecular formula is C10H12N2O3. The number of terminal acetylenes is 2. The first-order chi connectivity index (χ1) is 7.02. The molecule has 0 atom stereocenters. The second-order valence-electron chi connectivity index (χ2n) is 2.80. The van der Waals surface area contributed by atoms with E-state index in [1.54, 1.807) is 0 Å². The van der Waals surface area contributed by atoms with Crippen LogP contribution in [0.1, 0.15) is 0 Å². The zero-order valence-electron chi connectivity index (χ0n) is 8.43. The van der Waals surface area contributed by atoms with Crippen molar-refractivity contribution >= 4 is 12.0 Å². The Bertz CT molecular complexity index is 325. The van der Waals surface area contributed by atoms with Crippen molar-refractivity contribution in [2.45, 2.75) is 0 Å². The summed E-state index contributed by atoms with van der Waals surface area (Å²) in [5, 5.41) is 8.55. The van der Waals surface area contributed by atoms with Gasteiger partial charge in [0.1, 0.15) is 6.54 Å². The molecule has 0 fully saturated rings. The fraction of sp³-hybridized carbons (Fsp3) is 0.400. The summed E-state index contributed by atoms with van der Waals surface area (Å²) in [6.07, 6.45) is 10.0. The Kier molecular flexibility index (Phi) is 5.43. The fourth-order valence-corrected chi connectivity index (χ4v) is 0.911. The maximum absolute atomic E-state index is 11.6. The number of carbonyl (C=O) groups excluding carboxylic acids is 1. The van der Waals surface area contributed by atoms with Crippen LogP contribution >= 0.6 is 0 Å². The smallest absolute Gasteiger partial charge is 0.323 e. The average molecular weight is 208 g/mol. The molecule has 1 N–H and O–H groups in total. The Labute approximate surface area is 88.7 Å². The highest BCUT2D eigenvalue weighted by molar-refractivity contribution is 5.80. The molecule has 0 aliphatic rings. The molecule has 15 heavy (non-hydrogen) atoms. The lowest BCUT2D eigenvalue weighted by Crippen LogP contribution is -2.44. The Hall–Kier alpha value is -2.14. The zero-order valence-corrected chi connectivity index (χ0v) is 8.43. The molecule has 0 radical (unpaired) electrons. The molecule has 0 aromatic heterocycles. The first kappa shape index (κ1) is 12.9. The minimum Gasteiger partial charge on any atom is -0.480 e. The Balaban J connectivity index is 4.49. The number of nitrogens with zero attached hydrogens (tertiary/aromatic N) is 2. The molecule has 0 aromatic rings. The highest BCUT2D eigenvalue weighted by Crippen LogP contribution is 1.96. The highest BCUT2D eigenvalue weighted by atomic mass is 16.4. The van der Waals surface area contributed by atoms with Gasteiger partial charge in [-0.05, 0) is 0 Å². The maximum Gasteiger partial charge on any atom is 0.323 e. The molecule has 0 heterocycles. The molecule has 0 unspecified atom stereocenters. The normalized spacial score (nSPS) is 8.47. The number of rotatable bonds is 4. The molecule has 0 aliphatic carbocycles. The van der Waals surface area contributed by atoms with Gasteiger partial charge < -0.3 is 14.9 Å². The van der Waals surface area contributed by atoms with Crippen molar-refractivity contribution in [1.29, 1.82) is 0 Å². The minimum absolute atomic E-state index is 0.0555. The van der Waals surface area contributed by atoms with Crippen molar-refractivity contribution in [2.24, 2.45) is 0 Å². The lowest BCUT2D eigenvalue weighted by Gasteiger charge is -2.23. The molecule has 0 saturated heterocycles. The third kappa shape index (κ3) is 4.58. The molecule has 80 valence electrons. The first-order valence-electron chi connectivity index (χ1n) is 4.11. The van der Waals surface area contributed by atoms with E-state index < -0.39 is 18.5 Å². The Morgan fingerprint density at radius 2 is 1.80 bits per heavy atom. The standard InChI is InChI=1S/C10H12N2O3/c1-4-6-11(3)10(15)12(7-5-2)8-9(13)14/h1-2H,6-8H2,3H3,(H,13,14). The van der Waals surface area contributed by atoms with Crippen molar-refractivity contribution < 1.29 is 14.7 Å². The SMILES string of the molecule is C#CCN(C)C(=O)N(CC#C)CC(=O)O. The first-order valence-corrected chi connectivity index (χ1v) is 4.11. The van der Waals surface area contributed by atoms with Crippen molar-refractivity contribution in [1.82, 2.24) is 9.80 Å². The van der Waals surface area contributed by atoms with Crippen molar-refractivity contribution in [3.8, 4) is 24.7 Å². The molecule has 0 spiro atoms. The number of urea groups is 1. The summed E-state index contributed by atoms with van der Waals surface area (Å²) in [5.74, 6) is 3.37. The van der Waals surface area contributed by atoms with Gasteiger partial charge in [0.25, 0.3) is 0 Å². The van der Waals surface area contributed by atoms with Crippen LogP contribution in [-0.2, 0) is 4.79 Å². The van der Waals surface area contributed by atoms with Gasteiger partial charge >= 0.3 is 12.0 Å². The van der Waals surface area contributed by atoms with Gasteiger partial charge in [0, 0.05) is 7.05 Å². The summed E-state index contributed by atoms with van der Waals surface area (Å²) < 4.78 is 0. The second kappa shape index (κ2) is 6.33. The highest BCUT2D eigenvalue weighted by Gasteiger charge is 2.18. The van der Waals surface area contributed by atoms with Gasteiger partial charge in [-0.25, -0.2) is 4.79 Å². The summed E-state index contributed by atoms with van der Waals surface area (Å²) in [4.78, 5) is 24.3. The molecule has 0 rings (SSSR count). The average Bonchev–Trinajstić information content (AvgIpc) is 2.16. The van der Waals surface area contributed by atoms with E-state index in [1.165, 1.54) is 11.9 Å². The molecule has 5 nitrogen and oxygen atoms in total. The van der Waals surface area contributed by atoms with Crippen LogP contribution in [0.25, 0.3) is 0 Å². The Morgan fingerprint density at radius 1 is 1.27 bits per heavy atom. The van der Waals surface area contributed by atoms with Gasteiger partial charge in [-0.15, -0.1) is 12.8 Å².